The van der Waals surface area contributed by atoms with Gasteiger partial charge in [-0.15, -0.1) is 11.3 Å². The zero-order valence-electron chi connectivity index (χ0n) is 4.95. The highest BCUT2D eigenvalue weighted by atomic mass is 32.1. The predicted molar refractivity (Wildman–Crippen MR) is 43.9 cm³/mol. The minimum Gasteiger partial charge on any atom is -0.250 e. The van der Waals surface area contributed by atoms with Gasteiger partial charge < -0.3 is 0 Å². The first kappa shape index (κ1) is 7.09. The molecule has 1 nitrogen and oxygen atoms in total. The minimum absolute atomic E-state index is 0.177. The molecule has 0 saturated carbocycles. The Bertz CT molecular complexity index is 158. The Kier molecular flexibility index (Phi) is 2.54. The molecule has 0 bridgehead atoms. The van der Waals surface area contributed by atoms with Gasteiger partial charge in [0.15, 0.2) is 0 Å². The van der Waals surface area contributed by atoms with E-state index in [2.05, 4.69) is 24.5 Å². The van der Waals surface area contributed by atoms with E-state index in [4.69, 9.17) is 0 Å². The van der Waals surface area contributed by atoms with E-state index >= 15 is 0 Å². The van der Waals surface area contributed by atoms with Crippen LogP contribution in [0.4, 0.5) is 0 Å². The lowest BCUT2D eigenvalue weighted by Crippen LogP contribution is -1.95. The Balaban J connectivity index is 2.48. The van der Waals surface area contributed by atoms with Gasteiger partial charge >= 0.3 is 0 Å². The van der Waals surface area contributed by atoms with Gasteiger partial charge in [-0.05, 0) is 6.92 Å². The van der Waals surface area contributed by atoms with Crippen LogP contribution in [0.5, 0.6) is 0 Å². The summed E-state index contributed by atoms with van der Waals surface area (Å²) in [5.41, 5.74) is 0. The van der Waals surface area contributed by atoms with Gasteiger partial charge in [-0.3, -0.25) is 0 Å². The Morgan fingerprint density at radius 3 is 3.11 bits per heavy atom. The van der Waals surface area contributed by atoms with E-state index in [-0.39, 0.29) is 5.25 Å². The molecule has 0 spiro atoms. The van der Waals surface area contributed by atoms with Crippen molar-refractivity contribution in [3.05, 3.63) is 23.5 Å². The average molecular weight is 158 g/mol. The van der Waals surface area contributed by atoms with Gasteiger partial charge in [-0.2, -0.15) is 12.6 Å². The molecule has 9 heavy (non-hydrogen) atoms. The average Bonchev–Trinajstić information content (AvgIpc) is 2.15. The largest absolute Gasteiger partial charge is 0.250 e. The molecule has 49 valence electrons. The molecule has 1 rings (SSSR count). The van der Waals surface area contributed by atoms with Crippen LogP contribution in [0.15, 0.2) is 11.6 Å². The third-order valence-corrected chi connectivity index (χ3v) is 1.88. The van der Waals surface area contributed by atoms with Gasteiger partial charge in [0.25, 0.3) is 0 Å². The SMILES string of the molecule is [CH2]C(S)Cc1nccs1. The second kappa shape index (κ2) is 3.22. The molecule has 1 unspecified atom stereocenters. The standard InChI is InChI=1S/C6H8NS2/c1-5(8)4-6-7-2-3-9-6/h2-3,5,8H,1,4H2. The molecule has 0 fully saturated rings. The molecule has 0 aliphatic heterocycles. The Morgan fingerprint density at radius 1 is 1.89 bits per heavy atom. The first-order chi connectivity index (χ1) is 4.29. The quantitative estimate of drug-likeness (QED) is 0.648. The van der Waals surface area contributed by atoms with Crippen molar-refractivity contribution in [3.8, 4) is 0 Å². The summed E-state index contributed by atoms with van der Waals surface area (Å²) in [7, 11) is 0. The number of thiazole rings is 1. The zero-order valence-corrected chi connectivity index (χ0v) is 6.66. The molecule has 0 saturated heterocycles. The topological polar surface area (TPSA) is 12.9 Å². The third kappa shape index (κ3) is 2.37. The summed E-state index contributed by atoms with van der Waals surface area (Å²) in [6.45, 7) is 3.74. The summed E-state index contributed by atoms with van der Waals surface area (Å²) >= 11 is 5.79. The van der Waals surface area contributed by atoms with Crippen LogP contribution in [-0.4, -0.2) is 10.2 Å². The lowest BCUT2D eigenvalue weighted by molar-refractivity contribution is 1.00. The van der Waals surface area contributed by atoms with E-state index in [0.29, 0.717) is 0 Å². The second-order valence-electron chi connectivity index (χ2n) is 1.78. The van der Waals surface area contributed by atoms with Gasteiger partial charge in [-0.1, -0.05) is 0 Å². The Labute approximate surface area is 64.5 Å². The number of hydrogen-bond acceptors (Lipinski definition) is 3. The number of thiol groups is 1. The van der Waals surface area contributed by atoms with E-state index in [1.807, 2.05) is 5.38 Å². The number of aromatic nitrogens is 1. The van der Waals surface area contributed by atoms with Crippen LogP contribution in [-0.2, 0) is 6.42 Å². The molecule has 0 aromatic carbocycles. The molecular weight excluding hydrogens is 150 g/mol. The fourth-order valence-electron chi connectivity index (χ4n) is 0.555. The highest BCUT2D eigenvalue weighted by Gasteiger charge is 1.98. The molecule has 1 heterocycles. The van der Waals surface area contributed by atoms with Crippen LogP contribution in [0.1, 0.15) is 5.01 Å². The Hall–Kier alpha value is -0.0200. The van der Waals surface area contributed by atoms with Gasteiger partial charge in [0.2, 0.25) is 0 Å². The monoisotopic (exact) mass is 158 g/mol. The molecular formula is C6H8NS2. The summed E-state index contributed by atoms with van der Waals surface area (Å²) in [4.78, 5) is 4.09. The molecule has 1 aromatic rings. The summed E-state index contributed by atoms with van der Waals surface area (Å²) in [6, 6.07) is 0. The molecule has 3 heteroatoms. The Morgan fingerprint density at radius 2 is 2.67 bits per heavy atom. The van der Waals surface area contributed by atoms with E-state index in [9.17, 15) is 0 Å². The van der Waals surface area contributed by atoms with Crippen molar-refractivity contribution in [1.29, 1.82) is 0 Å². The maximum Gasteiger partial charge on any atom is 0.0935 e. The van der Waals surface area contributed by atoms with Crippen LogP contribution in [0.3, 0.4) is 0 Å². The highest BCUT2D eigenvalue weighted by Crippen LogP contribution is 2.08. The van der Waals surface area contributed by atoms with E-state index in [1.165, 1.54) is 0 Å². The van der Waals surface area contributed by atoms with Gasteiger partial charge in [-0.25, -0.2) is 4.98 Å². The van der Waals surface area contributed by atoms with Crippen molar-refractivity contribution in [1.82, 2.24) is 4.98 Å². The maximum atomic E-state index is 4.14. The fourth-order valence-corrected chi connectivity index (χ4v) is 1.55. The van der Waals surface area contributed by atoms with Gasteiger partial charge in [0.1, 0.15) is 0 Å². The third-order valence-electron chi connectivity index (χ3n) is 0.894. The van der Waals surface area contributed by atoms with Crippen molar-refractivity contribution in [3.63, 3.8) is 0 Å². The lowest BCUT2D eigenvalue weighted by atomic mass is 10.3. The van der Waals surface area contributed by atoms with Crippen molar-refractivity contribution in [2.75, 3.05) is 0 Å². The second-order valence-corrected chi connectivity index (χ2v) is 3.49. The van der Waals surface area contributed by atoms with E-state index in [1.54, 1.807) is 17.5 Å². The summed E-state index contributed by atoms with van der Waals surface area (Å²) in [6.07, 6.45) is 2.68. The summed E-state index contributed by atoms with van der Waals surface area (Å²) in [5.74, 6) is 0. The first-order valence-electron chi connectivity index (χ1n) is 2.68. The van der Waals surface area contributed by atoms with Gasteiger partial charge in [0, 0.05) is 23.2 Å². The van der Waals surface area contributed by atoms with Crippen molar-refractivity contribution in [2.45, 2.75) is 11.7 Å². The number of hydrogen-bond donors (Lipinski definition) is 1. The molecule has 1 radical (unpaired) electrons. The molecule has 0 N–H and O–H groups in total. The number of rotatable bonds is 2. The molecule has 0 aliphatic carbocycles. The van der Waals surface area contributed by atoms with Crippen molar-refractivity contribution >= 4 is 24.0 Å². The normalized spacial score (nSPS) is 13.6. The fraction of sp³-hybridized carbons (Fsp3) is 0.333. The van der Waals surface area contributed by atoms with Crippen LogP contribution in [0.2, 0.25) is 0 Å². The lowest BCUT2D eigenvalue weighted by Gasteiger charge is -1.96. The van der Waals surface area contributed by atoms with Crippen LogP contribution in [0.25, 0.3) is 0 Å². The molecule has 1 aromatic heterocycles. The smallest absolute Gasteiger partial charge is 0.0935 e. The summed E-state index contributed by atoms with van der Waals surface area (Å²) < 4.78 is 0. The van der Waals surface area contributed by atoms with Crippen molar-refractivity contribution in [2.24, 2.45) is 0 Å². The molecule has 0 amide bonds. The highest BCUT2D eigenvalue weighted by molar-refractivity contribution is 7.81. The van der Waals surface area contributed by atoms with Crippen LogP contribution >= 0.6 is 24.0 Å². The van der Waals surface area contributed by atoms with Crippen LogP contribution < -0.4 is 0 Å². The van der Waals surface area contributed by atoms with Gasteiger partial charge in [0.05, 0.1) is 5.01 Å². The number of nitrogens with zero attached hydrogens (tertiary/aromatic N) is 1. The first-order valence-corrected chi connectivity index (χ1v) is 4.08. The maximum absolute atomic E-state index is 4.14. The van der Waals surface area contributed by atoms with Crippen molar-refractivity contribution < 1.29 is 0 Å². The van der Waals surface area contributed by atoms with Crippen LogP contribution in [0, 0.1) is 6.92 Å². The van der Waals surface area contributed by atoms with E-state index < -0.39 is 0 Å². The molecule has 1 atom stereocenters. The van der Waals surface area contributed by atoms with E-state index in [0.717, 1.165) is 11.4 Å². The molecule has 0 aliphatic rings. The zero-order chi connectivity index (χ0) is 6.69. The predicted octanol–water partition coefficient (Wildman–Crippen LogP) is 1.82. The minimum atomic E-state index is 0.177. The summed E-state index contributed by atoms with van der Waals surface area (Å²) in [5, 5.41) is 3.26.